The molecule has 0 saturated heterocycles. The zero-order valence-electron chi connectivity index (χ0n) is 14.1. The van der Waals surface area contributed by atoms with Crippen LogP contribution in [0.5, 0.6) is 0 Å². The quantitative estimate of drug-likeness (QED) is 0.875. The highest BCUT2D eigenvalue weighted by atomic mass is 32.2. The minimum absolute atomic E-state index is 0.127. The number of carbonyl (C=O) groups is 1. The molecule has 2 aromatic carbocycles. The zero-order valence-corrected chi connectivity index (χ0v) is 14.9. The summed E-state index contributed by atoms with van der Waals surface area (Å²) in [7, 11) is -3.73. The highest BCUT2D eigenvalue weighted by Gasteiger charge is 2.36. The van der Waals surface area contributed by atoms with Crippen molar-refractivity contribution in [1.29, 1.82) is 0 Å². The topological polar surface area (TPSA) is 66.5 Å². The first kappa shape index (κ1) is 17.0. The van der Waals surface area contributed by atoms with Crippen molar-refractivity contribution in [1.82, 2.24) is 0 Å². The Labute approximate surface area is 151 Å². The van der Waals surface area contributed by atoms with Crippen molar-refractivity contribution in [2.24, 2.45) is 5.92 Å². The Bertz CT molecular complexity index is 970. The van der Waals surface area contributed by atoms with Crippen LogP contribution in [-0.4, -0.2) is 20.9 Å². The summed E-state index contributed by atoms with van der Waals surface area (Å²) in [6, 6.07) is 11.0. The van der Waals surface area contributed by atoms with Crippen LogP contribution in [0.2, 0.25) is 0 Å². The van der Waals surface area contributed by atoms with Gasteiger partial charge in [0.05, 0.1) is 5.75 Å². The number of halogens is 1. The third-order valence-corrected chi connectivity index (χ3v) is 5.98. The van der Waals surface area contributed by atoms with E-state index in [2.05, 4.69) is 4.72 Å². The number of rotatable bonds is 5. The van der Waals surface area contributed by atoms with Gasteiger partial charge in [-0.2, -0.15) is 0 Å². The van der Waals surface area contributed by atoms with E-state index in [9.17, 15) is 17.6 Å². The maximum atomic E-state index is 13.7. The van der Waals surface area contributed by atoms with E-state index in [4.69, 9.17) is 0 Å². The van der Waals surface area contributed by atoms with Crippen LogP contribution in [0, 0.1) is 11.7 Å². The van der Waals surface area contributed by atoms with Gasteiger partial charge < -0.3 is 4.90 Å². The molecule has 26 heavy (non-hydrogen) atoms. The number of anilines is 2. The molecule has 136 valence electrons. The van der Waals surface area contributed by atoms with Gasteiger partial charge in [0.1, 0.15) is 5.82 Å². The monoisotopic (exact) mass is 374 g/mol. The molecule has 1 heterocycles. The van der Waals surface area contributed by atoms with Gasteiger partial charge in [-0.25, -0.2) is 12.8 Å². The fraction of sp³-hybridized carbons (Fsp3) is 0.316. The molecular weight excluding hydrogens is 355 g/mol. The van der Waals surface area contributed by atoms with Crippen molar-refractivity contribution in [3.63, 3.8) is 0 Å². The highest BCUT2D eigenvalue weighted by Crippen LogP contribution is 2.37. The lowest BCUT2D eigenvalue weighted by Crippen LogP contribution is -2.30. The Kier molecular flexibility index (Phi) is 4.19. The highest BCUT2D eigenvalue weighted by molar-refractivity contribution is 7.91. The summed E-state index contributed by atoms with van der Waals surface area (Å²) < 4.78 is 40.9. The molecule has 1 saturated carbocycles. The van der Waals surface area contributed by atoms with Crippen LogP contribution < -0.4 is 9.62 Å². The first-order valence-electron chi connectivity index (χ1n) is 8.61. The van der Waals surface area contributed by atoms with Crippen molar-refractivity contribution in [2.75, 3.05) is 16.2 Å². The summed E-state index contributed by atoms with van der Waals surface area (Å²) in [6.45, 7) is 0.635. The van der Waals surface area contributed by atoms with Gasteiger partial charge in [0.2, 0.25) is 15.9 Å². The molecule has 0 bridgehead atoms. The third kappa shape index (κ3) is 3.44. The first-order chi connectivity index (χ1) is 12.4. The van der Waals surface area contributed by atoms with Gasteiger partial charge in [-0.15, -0.1) is 0 Å². The molecule has 1 amide bonds. The Hall–Kier alpha value is -2.41. The predicted molar refractivity (Wildman–Crippen MR) is 97.9 cm³/mol. The molecule has 2 aliphatic rings. The van der Waals surface area contributed by atoms with Crippen molar-refractivity contribution in [3.8, 4) is 0 Å². The Morgan fingerprint density at radius 2 is 1.96 bits per heavy atom. The number of sulfonamides is 1. The van der Waals surface area contributed by atoms with Crippen LogP contribution in [0.25, 0.3) is 0 Å². The van der Waals surface area contributed by atoms with E-state index in [1.165, 1.54) is 18.2 Å². The summed E-state index contributed by atoms with van der Waals surface area (Å²) in [5.74, 6) is -0.652. The van der Waals surface area contributed by atoms with Crippen molar-refractivity contribution >= 4 is 27.3 Å². The first-order valence-corrected chi connectivity index (χ1v) is 10.3. The van der Waals surface area contributed by atoms with Gasteiger partial charge in [0.15, 0.2) is 0 Å². The standard InChI is InChI=1S/C19H19FN2O3S/c20-17-4-2-1-3-15(17)12-26(24,25)21-16-7-8-18-14(11-16)9-10-22(18)19(23)13-5-6-13/h1-4,7-8,11,13,21H,5-6,9-10,12H2. The van der Waals surface area contributed by atoms with Crippen molar-refractivity contribution in [3.05, 3.63) is 59.4 Å². The molecule has 7 heteroatoms. The molecule has 2 aromatic rings. The van der Waals surface area contributed by atoms with Crippen molar-refractivity contribution < 1.29 is 17.6 Å². The molecule has 0 aromatic heterocycles. The second-order valence-corrected chi connectivity index (χ2v) is 8.53. The summed E-state index contributed by atoms with van der Waals surface area (Å²) >= 11 is 0. The summed E-state index contributed by atoms with van der Waals surface area (Å²) in [4.78, 5) is 14.1. The molecule has 1 aliphatic heterocycles. The average Bonchev–Trinajstić information content (AvgIpc) is 3.36. The third-order valence-electron chi connectivity index (χ3n) is 4.74. The smallest absolute Gasteiger partial charge is 0.237 e. The molecule has 1 N–H and O–H groups in total. The molecule has 0 spiro atoms. The predicted octanol–water partition coefficient (Wildman–Crippen LogP) is 3.07. The normalized spacial score (nSPS) is 16.4. The Morgan fingerprint density at radius 3 is 2.69 bits per heavy atom. The largest absolute Gasteiger partial charge is 0.312 e. The van der Waals surface area contributed by atoms with Gasteiger partial charge in [-0.05, 0) is 49.1 Å². The van der Waals surface area contributed by atoms with Crippen molar-refractivity contribution in [2.45, 2.75) is 25.0 Å². The van der Waals surface area contributed by atoms with E-state index in [0.717, 1.165) is 24.1 Å². The second kappa shape index (κ2) is 6.39. The lowest BCUT2D eigenvalue weighted by Gasteiger charge is -2.17. The molecular formula is C19H19FN2O3S. The fourth-order valence-electron chi connectivity index (χ4n) is 3.28. The van der Waals surface area contributed by atoms with Crippen LogP contribution in [0.4, 0.5) is 15.8 Å². The molecule has 0 atom stereocenters. The fourth-order valence-corrected chi connectivity index (χ4v) is 4.48. The number of nitrogens with zero attached hydrogens (tertiary/aromatic N) is 1. The molecule has 1 fully saturated rings. The van der Waals surface area contributed by atoms with E-state index in [1.54, 1.807) is 29.2 Å². The maximum Gasteiger partial charge on any atom is 0.237 e. The molecule has 1 aliphatic carbocycles. The summed E-state index contributed by atoms with van der Waals surface area (Å²) in [6.07, 6.45) is 2.62. The maximum absolute atomic E-state index is 13.7. The van der Waals surface area contributed by atoms with E-state index in [1.807, 2.05) is 0 Å². The molecule has 0 radical (unpaired) electrons. The zero-order chi connectivity index (χ0) is 18.3. The Morgan fingerprint density at radius 1 is 1.19 bits per heavy atom. The summed E-state index contributed by atoms with van der Waals surface area (Å²) in [5, 5.41) is 0. The molecule has 5 nitrogen and oxygen atoms in total. The number of benzene rings is 2. The average molecular weight is 374 g/mol. The number of amides is 1. The van der Waals surface area contributed by atoms with E-state index in [-0.39, 0.29) is 17.4 Å². The van der Waals surface area contributed by atoms with E-state index >= 15 is 0 Å². The van der Waals surface area contributed by atoms with Crippen LogP contribution in [0.3, 0.4) is 0 Å². The SMILES string of the molecule is O=C(C1CC1)N1CCc2cc(NS(=O)(=O)Cc3ccccc3F)ccc21. The Balaban J connectivity index is 1.51. The van der Waals surface area contributed by atoms with E-state index in [0.29, 0.717) is 18.7 Å². The van der Waals surface area contributed by atoms with Crippen LogP contribution in [0.15, 0.2) is 42.5 Å². The van der Waals surface area contributed by atoms with Gasteiger partial charge >= 0.3 is 0 Å². The summed E-state index contributed by atoms with van der Waals surface area (Å²) in [5.41, 5.74) is 2.37. The number of hydrogen-bond acceptors (Lipinski definition) is 3. The van der Waals surface area contributed by atoms with Gasteiger partial charge in [-0.1, -0.05) is 18.2 Å². The number of nitrogens with one attached hydrogen (secondary N) is 1. The lowest BCUT2D eigenvalue weighted by atomic mass is 10.1. The second-order valence-electron chi connectivity index (χ2n) is 6.81. The van der Waals surface area contributed by atoms with Crippen LogP contribution >= 0.6 is 0 Å². The molecule has 0 unspecified atom stereocenters. The number of carbonyl (C=O) groups excluding carboxylic acids is 1. The van der Waals surface area contributed by atoms with Gasteiger partial charge in [-0.3, -0.25) is 9.52 Å². The van der Waals surface area contributed by atoms with Gasteiger partial charge in [0, 0.05) is 29.4 Å². The lowest BCUT2D eigenvalue weighted by molar-refractivity contribution is -0.119. The number of hydrogen-bond donors (Lipinski definition) is 1. The van der Waals surface area contributed by atoms with E-state index < -0.39 is 21.6 Å². The minimum Gasteiger partial charge on any atom is -0.312 e. The van der Waals surface area contributed by atoms with Crippen LogP contribution in [0.1, 0.15) is 24.0 Å². The van der Waals surface area contributed by atoms with Crippen LogP contribution in [-0.2, 0) is 27.0 Å². The molecule has 4 rings (SSSR count). The van der Waals surface area contributed by atoms with Gasteiger partial charge in [0.25, 0.3) is 0 Å². The minimum atomic E-state index is -3.73. The number of fused-ring (bicyclic) bond motifs is 1.